The Morgan fingerprint density at radius 3 is 2.95 bits per heavy atom. The molecular formula is C17H20N4. The Balaban J connectivity index is 2.05. The summed E-state index contributed by atoms with van der Waals surface area (Å²) in [4.78, 5) is 4.48. The molecule has 0 spiro atoms. The fraction of sp³-hybridized carbons (Fsp3) is 0.294. The summed E-state index contributed by atoms with van der Waals surface area (Å²) in [5, 5.41) is 4.49. The van der Waals surface area contributed by atoms with Crippen LogP contribution in [0.3, 0.4) is 0 Å². The monoisotopic (exact) mass is 280 g/mol. The number of nitrogens with zero attached hydrogens (tertiary/aromatic N) is 2. The third-order valence-electron chi connectivity index (χ3n) is 4.02. The summed E-state index contributed by atoms with van der Waals surface area (Å²) in [6, 6.07) is 10.1. The van der Waals surface area contributed by atoms with Crippen LogP contribution in [-0.2, 0) is 6.54 Å². The summed E-state index contributed by atoms with van der Waals surface area (Å²) in [6.07, 6.45) is 2.94. The van der Waals surface area contributed by atoms with Crippen LogP contribution in [0.4, 0.5) is 5.69 Å². The van der Waals surface area contributed by atoms with Gasteiger partial charge in [0.15, 0.2) is 0 Å². The van der Waals surface area contributed by atoms with Gasteiger partial charge in [-0.2, -0.15) is 5.10 Å². The second kappa shape index (κ2) is 5.56. The zero-order valence-electron chi connectivity index (χ0n) is 12.4. The Morgan fingerprint density at radius 1 is 1.29 bits per heavy atom. The average molecular weight is 280 g/mol. The first-order valence-corrected chi connectivity index (χ1v) is 7.34. The number of nitrogens with two attached hydrogens (primary N) is 1. The molecular weight excluding hydrogens is 260 g/mol. The topological polar surface area (TPSA) is 63.3 Å². The number of pyridine rings is 1. The Labute approximate surface area is 125 Å². The number of anilines is 1. The summed E-state index contributed by atoms with van der Waals surface area (Å²) in [5.74, 6) is 0.447. The standard InChI is InChI=1S/C17H20N4/c1-3-11(2)16-8-12(6-7-19-16)17-15-9-14(18)5-4-13(15)10-20-21-17/h4-9,11,20H,3,10,18H2,1-2H3. The van der Waals surface area contributed by atoms with Gasteiger partial charge in [-0.1, -0.05) is 19.9 Å². The Kier molecular flexibility index (Phi) is 3.60. The summed E-state index contributed by atoms with van der Waals surface area (Å²) < 4.78 is 0. The van der Waals surface area contributed by atoms with Gasteiger partial charge < -0.3 is 11.2 Å². The molecule has 1 aliphatic heterocycles. The number of hydrogen-bond donors (Lipinski definition) is 2. The molecule has 0 radical (unpaired) electrons. The average Bonchev–Trinajstić information content (AvgIpc) is 2.53. The van der Waals surface area contributed by atoms with E-state index in [1.807, 2.05) is 24.4 Å². The lowest BCUT2D eigenvalue weighted by Crippen LogP contribution is -2.21. The van der Waals surface area contributed by atoms with Crippen molar-refractivity contribution in [2.75, 3.05) is 5.73 Å². The van der Waals surface area contributed by atoms with Crippen molar-refractivity contribution in [2.24, 2.45) is 5.10 Å². The summed E-state index contributed by atoms with van der Waals surface area (Å²) in [7, 11) is 0. The van der Waals surface area contributed by atoms with Gasteiger partial charge in [0.2, 0.25) is 0 Å². The molecule has 1 aliphatic rings. The quantitative estimate of drug-likeness (QED) is 0.849. The normalized spacial score (nSPS) is 14.9. The van der Waals surface area contributed by atoms with Gasteiger partial charge in [0.1, 0.15) is 0 Å². The van der Waals surface area contributed by atoms with Crippen LogP contribution in [0.1, 0.15) is 48.6 Å². The van der Waals surface area contributed by atoms with Gasteiger partial charge in [0.25, 0.3) is 0 Å². The molecule has 3 rings (SSSR count). The van der Waals surface area contributed by atoms with Gasteiger partial charge in [-0.3, -0.25) is 4.98 Å². The maximum atomic E-state index is 5.93. The zero-order valence-corrected chi connectivity index (χ0v) is 12.4. The van der Waals surface area contributed by atoms with E-state index in [2.05, 4.69) is 41.5 Å². The van der Waals surface area contributed by atoms with E-state index in [4.69, 9.17) is 5.73 Å². The first-order chi connectivity index (χ1) is 10.2. The number of rotatable bonds is 3. The molecule has 0 bridgehead atoms. The number of aromatic nitrogens is 1. The highest BCUT2D eigenvalue weighted by molar-refractivity contribution is 6.14. The molecule has 2 heterocycles. The molecule has 3 N–H and O–H groups in total. The number of nitrogens with one attached hydrogen (secondary N) is 1. The van der Waals surface area contributed by atoms with Gasteiger partial charge in [0, 0.05) is 28.7 Å². The van der Waals surface area contributed by atoms with Crippen LogP contribution in [0.5, 0.6) is 0 Å². The minimum atomic E-state index is 0.447. The Bertz CT molecular complexity index is 691. The molecule has 0 amide bonds. The van der Waals surface area contributed by atoms with Crippen LogP contribution in [-0.4, -0.2) is 10.7 Å². The molecule has 1 atom stereocenters. The molecule has 0 fully saturated rings. The molecule has 4 heteroatoms. The largest absolute Gasteiger partial charge is 0.399 e. The highest BCUT2D eigenvalue weighted by Crippen LogP contribution is 2.23. The molecule has 1 unspecified atom stereocenters. The second-order valence-electron chi connectivity index (χ2n) is 5.49. The van der Waals surface area contributed by atoms with Crippen molar-refractivity contribution >= 4 is 11.4 Å². The summed E-state index contributed by atoms with van der Waals surface area (Å²) >= 11 is 0. The second-order valence-corrected chi connectivity index (χ2v) is 5.49. The molecule has 2 aromatic rings. The molecule has 0 saturated carbocycles. The van der Waals surface area contributed by atoms with E-state index in [9.17, 15) is 0 Å². The predicted molar refractivity (Wildman–Crippen MR) is 86.3 cm³/mol. The van der Waals surface area contributed by atoms with E-state index in [0.29, 0.717) is 5.92 Å². The third kappa shape index (κ3) is 2.61. The van der Waals surface area contributed by atoms with Crippen LogP contribution in [0, 0.1) is 0 Å². The number of hydrogen-bond acceptors (Lipinski definition) is 4. The first-order valence-electron chi connectivity index (χ1n) is 7.34. The zero-order chi connectivity index (χ0) is 14.8. The van der Waals surface area contributed by atoms with Crippen molar-refractivity contribution in [2.45, 2.75) is 32.7 Å². The maximum absolute atomic E-state index is 5.93. The lowest BCUT2D eigenvalue weighted by Gasteiger charge is -2.19. The van der Waals surface area contributed by atoms with Crippen LogP contribution in [0.25, 0.3) is 0 Å². The van der Waals surface area contributed by atoms with Crippen LogP contribution < -0.4 is 11.2 Å². The van der Waals surface area contributed by atoms with Gasteiger partial charge in [0.05, 0.1) is 12.3 Å². The third-order valence-corrected chi connectivity index (χ3v) is 4.02. The smallest absolute Gasteiger partial charge is 0.0979 e. The Morgan fingerprint density at radius 2 is 2.14 bits per heavy atom. The van der Waals surface area contributed by atoms with Crippen molar-refractivity contribution in [3.63, 3.8) is 0 Å². The van der Waals surface area contributed by atoms with Crippen molar-refractivity contribution < 1.29 is 0 Å². The lowest BCUT2D eigenvalue weighted by atomic mass is 9.94. The van der Waals surface area contributed by atoms with Gasteiger partial charge >= 0.3 is 0 Å². The maximum Gasteiger partial charge on any atom is 0.0979 e. The number of benzene rings is 1. The molecule has 1 aromatic heterocycles. The van der Waals surface area contributed by atoms with Crippen LogP contribution in [0.2, 0.25) is 0 Å². The van der Waals surface area contributed by atoms with Crippen molar-refractivity contribution in [3.8, 4) is 0 Å². The van der Waals surface area contributed by atoms with Crippen LogP contribution in [0.15, 0.2) is 41.6 Å². The molecule has 0 saturated heterocycles. The minimum Gasteiger partial charge on any atom is -0.399 e. The molecule has 108 valence electrons. The fourth-order valence-electron chi connectivity index (χ4n) is 2.53. The van der Waals surface area contributed by atoms with Crippen molar-refractivity contribution in [1.29, 1.82) is 0 Å². The van der Waals surface area contributed by atoms with E-state index < -0.39 is 0 Å². The van der Waals surface area contributed by atoms with E-state index in [1.54, 1.807) is 0 Å². The lowest BCUT2D eigenvalue weighted by molar-refractivity contribution is 0.707. The molecule has 1 aromatic carbocycles. The number of nitrogen functional groups attached to an aromatic ring is 1. The number of fused-ring (bicyclic) bond motifs is 1. The van der Waals surface area contributed by atoms with E-state index in [1.165, 1.54) is 5.56 Å². The van der Waals surface area contributed by atoms with Gasteiger partial charge in [-0.25, -0.2) is 0 Å². The number of hydrazone groups is 1. The van der Waals surface area contributed by atoms with Crippen LogP contribution >= 0.6 is 0 Å². The van der Waals surface area contributed by atoms with E-state index in [0.717, 1.165) is 41.2 Å². The highest BCUT2D eigenvalue weighted by atomic mass is 15.3. The summed E-state index contributed by atoms with van der Waals surface area (Å²) in [5.41, 5.74) is 15.2. The van der Waals surface area contributed by atoms with Gasteiger partial charge in [-0.05, 0) is 42.2 Å². The van der Waals surface area contributed by atoms with E-state index in [-0.39, 0.29) is 0 Å². The molecule has 21 heavy (non-hydrogen) atoms. The Hall–Kier alpha value is -2.36. The minimum absolute atomic E-state index is 0.447. The van der Waals surface area contributed by atoms with E-state index >= 15 is 0 Å². The first kappa shape index (κ1) is 13.6. The SMILES string of the molecule is CCC(C)c1cc(C2=NNCc3ccc(N)cc32)ccn1. The molecule has 4 nitrogen and oxygen atoms in total. The fourth-order valence-corrected chi connectivity index (χ4v) is 2.53. The predicted octanol–water partition coefficient (Wildman–Crippen LogP) is 3.03. The van der Waals surface area contributed by atoms with Crippen molar-refractivity contribution in [1.82, 2.24) is 10.4 Å². The highest BCUT2D eigenvalue weighted by Gasteiger charge is 2.17. The molecule has 0 aliphatic carbocycles. The van der Waals surface area contributed by atoms with Crippen molar-refractivity contribution in [3.05, 3.63) is 58.9 Å². The summed E-state index contributed by atoms with van der Waals surface area (Å²) in [6.45, 7) is 5.11. The van der Waals surface area contributed by atoms with Gasteiger partial charge in [-0.15, -0.1) is 0 Å².